The van der Waals surface area contributed by atoms with Gasteiger partial charge in [-0.2, -0.15) is 0 Å². The standard InChI is InChI=1S/C27H31N3O5S/c1-16(2)30(26(32)18-9-7-17(3)8-10-18)20-14-22(36-24(20)27(33)34-4)19-11-12-23(28-15-19)29-25(31)21-6-5-13-35-21/h5-6,11-18H,7-10H2,1-4H3,(H,28,29,31)/t17-,18-. The number of nitrogens with one attached hydrogen (secondary N) is 1. The Labute approximate surface area is 214 Å². The van der Waals surface area contributed by atoms with Crippen LogP contribution < -0.4 is 10.2 Å². The van der Waals surface area contributed by atoms with Crippen molar-refractivity contribution in [3.63, 3.8) is 0 Å². The first-order valence-electron chi connectivity index (χ1n) is 12.1. The first kappa shape index (κ1) is 25.6. The number of carbonyl (C=O) groups excluding carboxylic acids is 3. The van der Waals surface area contributed by atoms with Crippen molar-refractivity contribution in [3.8, 4) is 10.4 Å². The maximum atomic E-state index is 13.6. The lowest BCUT2D eigenvalue weighted by Gasteiger charge is -2.33. The van der Waals surface area contributed by atoms with Crippen LogP contribution in [0.4, 0.5) is 11.5 Å². The Kier molecular flexibility index (Phi) is 7.88. The summed E-state index contributed by atoms with van der Waals surface area (Å²) in [5, 5.41) is 2.69. The number of amides is 2. The van der Waals surface area contributed by atoms with Crippen LogP contribution in [0.3, 0.4) is 0 Å². The Bertz CT molecular complexity index is 1210. The largest absolute Gasteiger partial charge is 0.465 e. The van der Waals surface area contributed by atoms with Crippen LogP contribution in [-0.2, 0) is 9.53 Å². The van der Waals surface area contributed by atoms with Crippen molar-refractivity contribution in [2.75, 3.05) is 17.3 Å². The molecule has 1 saturated carbocycles. The van der Waals surface area contributed by atoms with E-state index in [-0.39, 0.29) is 23.6 Å². The third kappa shape index (κ3) is 5.51. The van der Waals surface area contributed by atoms with Crippen LogP contribution in [0, 0.1) is 11.8 Å². The summed E-state index contributed by atoms with van der Waals surface area (Å²) in [5.74, 6) is 0.339. The number of esters is 1. The van der Waals surface area contributed by atoms with E-state index in [1.165, 1.54) is 24.7 Å². The highest BCUT2D eigenvalue weighted by atomic mass is 32.1. The van der Waals surface area contributed by atoms with Crippen LogP contribution >= 0.6 is 11.3 Å². The number of pyridine rings is 1. The number of carbonyl (C=O) groups is 3. The molecule has 1 fully saturated rings. The zero-order valence-electron chi connectivity index (χ0n) is 20.9. The number of hydrogen-bond acceptors (Lipinski definition) is 7. The van der Waals surface area contributed by atoms with E-state index in [4.69, 9.17) is 9.15 Å². The highest BCUT2D eigenvalue weighted by molar-refractivity contribution is 7.18. The lowest BCUT2D eigenvalue weighted by Crippen LogP contribution is -2.42. The van der Waals surface area contributed by atoms with Crippen LogP contribution in [0.15, 0.2) is 47.2 Å². The molecule has 2 amide bonds. The molecule has 0 radical (unpaired) electrons. The summed E-state index contributed by atoms with van der Waals surface area (Å²) < 4.78 is 10.2. The van der Waals surface area contributed by atoms with E-state index >= 15 is 0 Å². The van der Waals surface area contributed by atoms with Crippen molar-refractivity contribution < 1.29 is 23.5 Å². The van der Waals surface area contributed by atoms with E-state index in [0.717, 1.165) is 36.1 Å². The summed E-state index contributed by atoms with van der Waals surface area (Å²) >= 11 is 1.26. The average molecular weight is 510 g/mol. The lowest BCUT2D eigenvalue weighted by atomic mass is 9.82. The van der Waals surface area contributed by atoms with E-state index in [1.807, 2.05) is 26.0 Å². The number of ether oxygens (including phenoxy) is 1. The second-order valence-corrected chi connectivity index (χ2v) is 10.5. The fraction of sp³-hybridized carbons (Fsp3) is 0.407. The van der Waals surface area contributed by atoms with Crippen LogP contribution in [-0.4, -0.2) is 35.9 Å². The number of furan rings is 1. The number of rotatable bonds is 7. The molecule has 0 spiro atoms. The van der Waals surface area contributed by atoms with Crippen LogP contribution in [0.1, 0.15) is 66.7 Å². The Morgan fingerprint density at radius 1 is 1.17 bits per heavy atom. The molecule has 9 heteroatoms. The van der Waals surface area contributed by atoms with Gasteiger partial charge in [-0.1, -0.05) is 6.92 Å². The topological polar surface area (TPSA) is 102 Å². The molecule has 3 aromatic rings. The van der Waals surface area contributed by atoms with Gasteiger partial charge in [0.25, 0.3) is 5.91 Å². The summed E-state index contributed by atoms with van der Waals surface area (Å²) in [7, 11) is 1.34. The number of nitrogens with zero attached hydrogens (tertiary/aromatic N) is 2. The molecule has 3 aromatic heterocycles. The number of thiophene rings is 1. The monoisotopic (exact) mass is 509 g/mol. The molecule has 190 valence electrons. The molecule has 8 nitrogen and oxygen atoms in total. The molecule has 1 aliphatic rings. The van der Waals surface area contributed by atoms with Crippen molar-refractivity contribution in [2.24, 2.45) is 11.8 Å². The predicted molar refractivity (Wildman–Crippen MR) is 139 cm³/mol. The molecular formula is C27H31N3O5S. The summed E-state index contributed by atoms with van der Waals surface area (Å²) in [4.78, 5) is 45.8. The molecule has 0 unspecified atom stereocenters. The van der Waals surface area contributed by atoms with E-state index in [2.05, 4.69) is 17.2 Å². The van der Waals surface area contributed by atoms with Crippen LogP contribution in [0.5, 0.6) is 0 Å². The second kappa shape index (κ2) is 11.1. The van der Waals surface area contributed by atoms with Gasteiger partial charge in [0.2, 0.25) is 5.91 Å². The van der Waals surface area contributed by atoms with E-state index < -0.39 is 11.9 Å². The molecule has 0 saturated heterocycles. The Balaban J connectivity index is 1.61. The third-order valence-corrected chi connectivity index (χ3v) is 7.65. The van der Waals surface area contributed by atoms with Crippen molar-refractivity contribution in [1.29, 1.82) is 0 Å². The smallest absolute Gasteiger partial charge is 0.350 e. The highest BCUT2D eigenvalue weighted by Crippen LogP contribution is 2.40. The predicted octanol–water partition coefficient (Wildman–Crippen LogP) is 6.01. The first-order valence-corrected chi connectivity index (χ1v) is 13.0. The van der Waals surface area contributed by atoms with Gasteiger partial charge in [0.1, 0.15) is 10.7 Å². The van der Waals surface area contributed by atoms with Gasteiger partial charge in [0.15, 0.2) is 5.76 Å². The number of aromatic nitrogens is 1. The maximum Gasteiger partial charge on any atom is 0.350 e. The molecule has 0 aromatic carbocycles. The minimum atomic E-state index is -0.479. The molecular weight excluding hydrogens is 478 g/mol. The van der Waals surface area contributed by atoms with Crippen molar-refractivity contribution in [3.05, 3.63) is 53.4 Å². The maximum absolute atomic E-state index is 13.6. The summed E-state index contributed by atoms with van der Waals surface area (Å²) in [6, 6.07) is 8.44. The fourth-order valence-corrected chi connectivity index (χ4v) is 5.55. The molecule has 1 N–H and O–H groups in total. The first-order chi connectivity index (χ1) is 17.3. The van der Waals surface area contributed by atoms with Crippen LogP contribution in [0.25, 0.3) is 10.4 Å². The molecule has 1 aliphatic carbocycles. The van der Waals surface area contributed by atoms with Crippen molar-refractivity contribution >= 4 is 40.6 Å². The lowest BCUT2D eigenvalue weighted by molar-refractivity contribution is -0.123. The van der Waals surface area contributed by atoms with Gasteiger partial charge in [0.05, 0.1) is 19.1 Å². The molecule has 0 atom stereocenters. The summed E-state index contributed by atoms with van der Waals surface area (Å²) in [6.07, 6.45) is 6.86. The zero-order chi connectivity index (χ0) is 25.8. The van der Waals surface area contributed by atoms with Gasteiger partial charge in [-0.3, -0.25) is 9.59 Å². The third-order valence-electron chi connectivity index (χ3n) is 6.50. The Morgan fingerprint density at radius 2 is 1.92 bits per heavy atom. The Hall–Kier alpha value is -3.46. The molecule has 36 heavy (non-hydrogen) atoms. The van der Waals surface area contributed by atoms with Crippen LogP contribution in [0.2, 0.25) is 0 Å². The van der Waals surface area contributed by atoms with Gasteiger partial charge >= 0.3 is 5.97 Å². The number of methoxy groups -OCH3 is 1. The SMILES string of the molecule is COC(=O)c1sc(-c2ccc(NC(=O)c3ccco3)nc2)cc1N(C(=O)[C@H]1CC[C@H](C)CC1)C(C)C. The molecule has 3 heterocycles. The van der Waals surface area contributed by atoms with E-state index in [9.17, 15) is 14.4 Å². The average Bonchev–Trinajstić information content (AvgIpc) is 3.55. The van der Waals surface area contributed by atoms with Crippen molar-refractivity contribution in [2.45, 2.75) is 52.5 Å². The molecule has 4 rings (SSSR count). The normalized spacial score (nSPS) is 17.6. The Morgan fingerprint density at radius 3 is 2.50 bits per heavy atom. The van der Waals surface area contributed by atoms with E-state index in [1.54, 1.807) is 29.3 Å². The number of anilines is 2. The summed E-state index contributed by atoms with van der Waals surface area (Å²) in [6.45, 7) is 6.14. The van der Waals surface area contributed by atoms with E-state index in [0.29, 0.717) is 22.3 Å². The second-order valence-electron chi connectivity index (χ2n) is 9.44. The van der Waals surface area contributed by atoms with Gasteiger partial charge in [-0.25, -0.2) is 9.78 Å². The molecule has 0 bridgehead atoms. The van der Waals surface area contributed by atoms with Gasteiger partial charge < -0.3 is 19.4 Å². The van der Waals surface area contributed by atoms with Gasteiger partial charge in [0, 0.05) is 28.6 Å². The fourth-order valence-electron chi connectivity index (χ4n) is 4.50. The minimum absolute atomic E-state index is 0.0452. The summed E-state index contributed by atoms with van der Waals surface area (Å²) in [5.41, 5.74) is 1.32. The minimum Gasteiger partial charge on any atom is -0.465 e. The molecule has 0 aliphatic heterocycles. The number of hydrogen-bond donors (Lipinski definition) is 1. The quantitative estimate of drug-likeness (QED) is 0.391. The van der Waals surface area contributed by atoms with Gasteiger partial charge in [-0.05, 0) is 75.8 Å². The zero-order valence-corrected chi connectivity index (χ0v) is 21.8. The van der Waals surface area contributed by atoms with Gasteiger partial charge in [-0.15, -0.1) is 11.3 Å². The highest BCUT2D eigenvalue weighted by Gasteiger charge is 2.33. The van der Waals surface area contributed by atoms with Crippen molar-refractivity contribution in [1.82, 2.24) is 4.98 Å².